The van der Waals surface area contributed by atoms with Gasteiger partial charge < -0.3 is 4.90 Å². The number of hydrogen-bond acceptors (Lipinski definition) is 4. The quantitative estimate of drug-likeness (QED) is 0.779. The van der Waals surface area contributed by atoms with Crippen molar-refractivity contribution in [2.24, 2.45) is 5.92 Å². The second-order valence-electron chi connectivity index (χ2n) is 5.71. The average Bonchev–Trinajstić information content (AvgIpc) is 2.70. The molecule has 1 unspecified atom stereocenters. The maximum atomic E-state index is 11.1. The Morgan fingerprint density at radius 3 is 2.79 bits per heavy atom. The topological polar surface area (TPSA) is 33.2 Å². The van der Waals surface area contributed by atoms with Gasteiger partial charge in [-0.2, -0.15) is 0 Å². The second-order valence-corrected chi connectivity index (χ2v) is 6.72. The maximum absolute atomic E-state index is 11.1. The fourth-order valence-corrected chi connectivity index (χ4v) is 3.82. The predicted octanol–water partition coefficient (Wildman–Crippen LogP) is 4.10. The maximum Gasteiger partial charge on any atom is 0.186 e. The third-order valence-electron chi connectivity index (χ3n) is 4.02. The monoisotopic (exact) mass is 280 g/mol. The second kappa shape index (κ2) is 6.51. The summed E-state index contributed by atoms with van der Waals surface area (Å²) in [6, 6.07) is 0. The largest absolute Gasteiger partial charge is 0.348 e. The van der Waals surface area contributed by atoms with Crippen LogP contribution in [0.15, 0.2) is 0 Å². The molecule has 1 saturated heterocycles. The molecule has 3 nitrogen and oxygen atoms in total. The smallest absolute Gasteiger partial charge is 0.186 e. The molecule has 1 aliphatic rings. The van der Waals surface area contributed by atoms with Crippen LogP contribution in [0.25, 0.3) is 0 Å². The molecule has 0 N–H and O–H groups in total. The number of hydrogen-bond donors (Lipinski definition) is 0. The minimum atomic E-state index is 0.320. The molecule has 0 amide bonds. The first-order valence-electron chi connectivity index (χ1n) is 7.36. The third-order valence-corrected chi connectivity index (χ3v) is 5.08. The third kappa shape index (κ3) is 3.35. The number of nitrogens with zero attached hydrogens (tertiary/aromatic N) is 2. The summed E-state index contributed by atoms with van der Waals surface area (Å²) in [5.74, 6) is 1.18. The highest BCUT2D eigenvalue weighted by Gasteiger charge is 2.21. The van der Waals surface area contributed by atoms with Crippen LogP contribution < -0.4 is 4.90 Å². The van der Waals surface area contributed by atoms with E-state index in [0.717, 1.165) is 41.0 Å². The molecule has 0 aromatic carbocycles. The lowest BCUT2D eigenvalue weighted by Crippen LogP contribution is -2.24. The van der Waals surface area contributed by atoms with Crippen molar-refractivity contribution in [3.05, 3.63) is 10.6 Å². The van der Waals surface area contributed by atoms with Crippen LogP contribution in [-0.2, 0) is 0 Å². The summed E-state index contributed by atoms with van der Waals surface area (Å²) in [5, 5.41) is 1.04. The standard InChI is InChI=1S/C15H24N2OS/c1-4-12-6-5-8-17(9-7-12)15-16-14(11(2)3)13(10-18)19-15/h10-12H,4-9H2,1-3H3. The first kappa shape index (κ1) is 14.5. The zero-order chi connectivity index (χ0) is 13.8. The molecule has 0 radical (unpaired) electrons. The van der Waals surface area contributed by atoms with E-state index in [1.807, 2.05) is 0 Å². The van der Waals surface area contributed by atoms with Crippen molar-refractivity contribution in [2.75, 3.05) is 18.0 Å². The van der Waals surface area contributed by atoms with E-state index < -0.39 is 0 Å². The summed E-state index contributed by atoms with van der Waals surface area (Å²) in [6.07, 6.45) is 6.07. The Morgan fingerprint density at radius 2 is 2.21 bits per heavy atom. The van der Waals surface area contributed by atoms with E-state index in [1.165, 1.54) is 25.7 Å². The molecule has 19 heavy (non-hydrogen) atoms. The number of thiazole rings is 1. The van der Waals surface area contributed by atoms with Crippen molar-refractivity contribution < 1.29 is 4.79 Å². The van der Waals surface area contributed by atoms with Crippen LogP contribution in [-0.4, -0.2) is 24.4 Å². The predicted molar refractivity (Wildman–Crippen MR) is 81.4 cm³/mol. The van der Waals surface area contributed by atoms with Gasteiger partial charge in [0.25, 0.3) is 0 Å². The fourth-order valence-electron chi connectivity index (χ4n) is 2.73. The molecule has 1 aliphatic heterocycles. The van der Waals surface area contributed by atoms with Crippen LogP contribution in [0.5, 0.6) is 0 Å². The van der Waals surface area contributed by atoms with E-state index in [2.05, 4.69) is 25.7 Å². The zero-order valence-electron chi connectivity index (χ0n) is 12.2. The van der Waals surface area contributed by atoms with Gasteiger partial charge in [-0.15, -0.1) is 0 Å². The lowest BCUT2D eigenvalue weighted by Gasteiger charge is -2.19. The Morgan fingerprint density at radius 1 is 1.42 bits per heavy atom. The molecular weight excluding hydrogens is 256 g/mol. The summed E-state index contributed by atoms with van der Waals surface area (Å²) in [5.41, 5.74) is 0.964. The number of aromatic nitrogens is 1. The van der Waals surface area contributed by atoms with Gasteiger partial charge in [0.1, 0.15) is 0 Å². The minimum Gasteiger partial charge on any atom is -0.348 e. The van der Waals surface area contributed by atoms with Crippen molar-refractivity contribution in [1.29, 1.82) is 0 Å². The number of carbonyl (C=O) groups is 1. The SMILES string of the molecule is CCC1CCCN(c2nc(C(C)C)c(C=O)s2)CC1. The normalized spacial score (nSPS) is 20.6. The molecule has 0 aliphatic carbocycles. The van der Waals surface area contributed by atoms with E-state index >= 15 is 0 Å². The van der Waals surface area contributed by atoms with Crippen molar-refractivity contribution in [1.82, 2.24) is 4.98 Å². The molecule has 1 atom stereocenters. The van der Waals surface area contributed by atoms with Crippen LogP contribution in [0.4, 0.5) is 5.13 Å². The number of carbonyl (C=O) groups excluding carboxylic acids is 1. The molecule has 1 aromatic heterocycles. The number of aldehydes is 1. The van der Waals surface area contributed by atoms with Gasteiger partial charge in [0.2, 0.25) is 0 Å². The molecule has 2 rings (SSSR count). The van der Waals surface area contributed by atoms with Gasteiger partial charge in [-0.3, -0.25) is 4.79 Å². The first-order valence-corrected chi connectivity index (χ1v) is 8.18. The number of anilines is 1. The Kier molecular flexibility index (Phi) is 4.97. The van der Waals surface area contributed by atoms with Gasteiger partial charge in [0.05, 0.1) is 10.6 Å². The van der Waals surface area contributed by atoms with Gasteiger partial charge in [0.15, 0.2) is 11.4 Å². The van der Waals surface area contributed by atoms with Crippen molar-refractivity contribution in [2.45, 2.75) is 52.4 Å². The molecule has 0 spiro atoms. The minimum absolute atomic E-state index is 0.320. The van der Waals surface area contributed by atoms with Gasteiger partial charge in [-0.05, 0) is 31.1 Å². The summed E-state index contributed by atoms with van der Waals surface area (Å²) in [4.78, 5) is 19.0. The van der Waals surface area contributed by atoms with E-state index in [0.29, 0.717) is 5.92 Å². The molecular formula is C15H24N2OS. The average molecular weight is 280 g/mol. The van der Waals surface area contributed by atoms with Crippen molar-refractivity contribution in [3.63, 3.8) is 0 Å². The Balaban J connectivity index is 2.15. The van der Waals surface area contributed by atoms with Gasteiger partial charge >= 0.3 is 0 Å². The molecule has 0 bridgehead atoms. The molecule has 106 valence electrons. The van der Waals surface area contributed by atoms with Gasteiger partial charge in [-0.25, -0.2) is 4.98 Å². The van der Waals surface area contributed by atoms with Crippen LogP contribution in [0.1, 0.15) is 67.7 Å². The van der Waals surface area contributed by atoms with Gasteiger partial charge in [-0.1, -0.05) is 38.5 Å². The molecule has 0 saturated carbocycles. The van der Waals surface area contributed by atoms with Crippen LogP contribution in [0.2, 0.25) is 0 Å². The highest BCUT2D eigenvalue weighted by atomic mass is 32.1. The Bertz CT molecular complexity index is 428. The Hall–Kier alpha value is -0.900. The summed E-state index contributed by atoms with van der Waals surface area (Å²) < 4.78 is 0. The zero-order valence-corrected chi connectivity index (χ0v) is 13.0. The van der Waals surface area contributed by atoms with E-state index in [-0.39, 0.29) is 0 Å². The fraction of sp³-hybridized carbons (Fsp3) is 0.733. The van der Waals surface area contributed by atoms with E-state index in [4.69, 9.17) is 4.98 Å². The summed E-state index contributed by atoms with van der Waals surface area (Å²) in [6.45, 7) is 8.65. The molecule has 4 heteroatoms. The lowest BCUT2D eigenvalue weighted by molar-refractivity contribution is 0.112. The molecule has 2 heterocycles. The van der Waals surface area contributed by atoms with Crippen LogP contribution in [0, 0.1) is 5.92 Å². The summed E-state index contributed by atoms with van der Waals surface area (Å²) >= 11 is 1.56. The highest BCUT2D eigenvalue weighted by Crippen LogP contribution is 2.31. The van der Waals surface area contributed by atoms with Crippen molar-refractivity contribution in [3.8, 4) is 0 Å². The lowest BCUT2D eigenvalue weighted by atomic mass is 9.98. The Labute approximate surface area is 120 Å². The van der Waals surface area contributed by atoms with Gasteiger partial charge in [0, 0.05) is 13.1 Å². The van der Waals surface area contributed by atoms with E-state index in [9.17, 15) is 4.79 Å². The van der Waals surface area contributed by atoms with Crippen molar-refractivity contribution >= 4 is 22.8 Å². The molecule has 1 fully saturated rings. The highest BCUT2D eigenvalue weighted by molar-refractivity contribution is 7.17. The van der Waals surface area contributed by atoms with Crippen LogP contribution in [0.3, 0.4) is 0 Å². The summed E-state index contributed by atoms with van der Waals surface area (Å²) in [7, 11) is 0. The van der Waals surface area contributed by atoms with E-state index in [1.54, 1.807) is 11.3 Å². The molecule has 1 aromatic rings. The number of rotatable bonds is 4. The first-order chi connectivity index (χ1) is 9.15. The van der Waals surface area contributed by atoms with Crippen LogP contribution >= 0.6 is 11.3 Å².